The number of aromatic nitrogens is 3. The maximum atomic E-state index is 14.4. The number of thiazole rings is 1. The van der Waals surface area contributed by atoms with E-state index < -0.39 is 23.2 Å². The molecule has 3 heterocycles. The molecule has 13 heteroatoms. The fourth-order valence-electron chi connectivity index (χ4n) is 5.61. The number of benzene rings is 2. The zero-order chi connectivity index (χ0) is 30.4. The summed E-state index contributed by atoms with van der Waals surface area (Å²) in [4.78, 5) is 38.0. The van der Waals surface area contributed by atoms with Gasteiger partial charge in [-0.3, -0.25) is 14.2 Å². The molecule has 9 nitrogen and oxygen atoms in total. The fourth-order valence-corrected chi connectivity index (χ4v) is 6.62. The van der Waals surface area contributed by atoms with Crippen molar-refractivity contribution in [2.75, 3.05) is 25.7 Å². The monoisotopic (exact) mass is 613 g/mol. The molecule has 2 fully saturated rings. The Balaban J connectivity index is 1.38. The summed E-state index contributed by atoms with van der Waals surface area (Å²) in [5.74, 6) is 0.374. The second-order valence-corrected chi connectivity index (χ2v) is 11.7. The third-order valence-corrected chi connectivity index (χ3v) is 9.15. The average molecular weight is 614 g/mol. The Morgan fingerprint density at radius 3 is 2.56 bits per heavy atom. The van der Waals surface area contributed by atoms with Gasteiger partial charge in [0.2, 0.25) is 5.91 Å². The minimum absolute atomic E-state index is 0.0236. The lowest BCUT2D eigenvalue weighted by Gasteiger charge is -2.23. The summed E-state index contributed by atoms with van der Waals surface area (Å²) in [6.45, 7) is 0.705. The number of hydrogen-bond acceptors (Lipinski definition) is 8. The second-order valence-electron chi connectivity index (χ2n) is 10.8. The van der Waals surface area contributed by atoms with Crippen LogP contribution in [-0.2, 0) is 23.3 Å². The Labute approximate surface area is 249 Å². The molecule has 0 spiro atoms. The number of hydrogen-bond donors (Lipinski definition) is 1. The number of rotatable bonds is 9. The van der Waals surface area contributed by atoms with E-state index in [0.29, 0.717) is 41.7 Å². The SMILES string of the molecule is COc1ccc(Cn2c(C3(C(F)(F)F)CC3)nc3sc(N4CCC[C@@H]4C(=O)NCc4ccccc4)nc3c2=O)c(OC)c1. The summed E-state index contributed by atoms with van der Waals surface area (Å²) < 4.78 is 55.0. The van der Waals surface area contributed by atoms with Gasteiger partial charge in [-0.1, -0.05) is 41.7 Å². The number of fused-ring (bicyclic) bond motifs is 1. The standard InChI is InChI=1S/C30H30F3N5O4S/c1-41-20-11-10-19(22(15-20)42-2)17-38-26(40)23-25(36-27(38)29(12-13-29)30(31,32)33)43-28(35-23)37-14-6-9-21(37)24(39)34-16-18-7-4-3-5-8-18/h3-5,7-8,10-11,15,21H,6,9,12-14,16-17H2,1-2H3,(H,34,39)/t21-/m1/s1. The van der Waals surface area contributed by atoms with Crippen molar-refractivity contribution < 1.29 is 27.4 Å². The van der Waals surface area contributed by atoms with Crippen molar-refractivity contribution in [3.63, 3.8) is 0 Å². The lowest BCUT2D eigenvalue weighted by atomic mass is 10.0. The highest BCUT2D eigenvalue weighted by molar-refractivity contribution is 7.21. The third kappa shape index (κ3) is 5.30. The largest absolute Gasteiger partial charge is 0.497 e. The number of carbonyl (C=O) groups excluding carboxylic acids is 1. The van der Waals surface area contributed by atoms with E-state index in [1.165, 1.54) is 14.2 Å². The summed E-state index contributed by atoms with van der Waals surface area (Å²) in [5.41, 5.74) is -1.44. The molecule has 2 aromatic heterocycles. The smallest absolute Gasteiger partial charge is 0.401 e. The molecule has 4 aromatic rings. The molecule has 0 unspecified atom stereocenters. The topological polar surface area (TPSA) is 98.6 Å². The summed E-state index contributed by atoms with van der Waals surface area (Å²) in [7, 11) is 2.93. The fraction of sp³-hybridized carbons (Fsp3) is 0.400. The molecule has 1 saturated heterocycles. The highest BCUT2D eigenvalue weighted by Gasteiger charge is 2.67. The van der Waals surface area contributed by atoms with Crippen LogP contribution in [0.4, 0.5) is 18.3 Å². The number of nitrogens with one attached hydrogen (secondary N) is 1. The van der Waals surface area contributed by atoms with Gasteiger partial charge in [0.25, 0.3) is 5.56 Å². The van der Waals surface area contributed by atoms with E-state index in [-0.39, 0.29) is 41.5 Å². The molecule has 2 aromatic carbocycles. The van der Waals surface area contributed by atoms with Crippen LogP contribution < -0.4 is 25.2 Å². The number of nitrogens with zero attached hydrogens (tertiary/aromatic N) is 4. The number of anilines is 1. The van der Waals surface area contributed by atoms with Crippen LogP contribution in [-0.4, -0.2) is 53.4 Å². The number of carbonyl (C=O) groups is 1. The number of halogens is 3. The summed E-state index contributed by atoms with van der Waals surface area (Å²) in [6, 6.07) is 13.9. The van der Waals surface area contributed by atoms with Gasteiger partial charge in [-0.15, -0.1) is 0 Å². The minimum Gasteiger partial charge on any atom is -0.497 e. The summed E-state index contributed by atoms with van der Waals surface area (Å²) in [5, 5.41) is 3.35. The van der Waals surface area contributed by atoms with Crippen molar-refractivity contribution in [3.8, 4) is 11.5 Å². The van der Waals surface area contributed by atoms with Gasteiger partial charge in [-0.25, -0.2) is 9.97 Å². The Kier molecular flexibility index (Phi) is 7.53. The first-order valence-corrected chi connectivity index (χ1v) is 14.7. The lowest BCUT2D eigenvalue weighted by molar-refractivity contribution is -0.163. The number of alkyl halides is 3. The Morgan fingerprint density at radius 1 is 1.12 bits per heavy atom. The zero-order valence-corrected chi connectivity index (χ0v) is 24.4. The molecule has 0 bridgehead atoms. The zero-order valence-electron chi connectivity index (χ0n) is 23.6. The molecular weight excluding hydrogens is 583 g/mol. The summed E-state index contributed by atoms with van der Waals surface area (Å²) in [6.07, 6.45) is -3.58. The molecule has 2 aliphatic rings. The summed E-state index contributed by atoms with van der Waals surface area (Å²) >= 11 is 1.04. The van der Waals surface area contributed by atoms with Crippen molar-refractivity contribution in [1.82, 2.24) is 19.9 Å². The first kappa shape index (κ1) is 29.0. The van der Waals surface area contributed by atoms with Crippen molar-refractivity contribution >= 4 is 32.7 Å². The molecule has 1 aliphatic carbocycles. The van der Waals surface area contributed by atoms with Crippen LogP contribution in [0.3, 0.4) is 0 Å². The third-order valence-electron chi connectivity index (χ3n) is 8.16. The lowest BCUT2D eigenvalue weighted by Crippen LogP contribution is -2.43. The van der Waals surface area contributed by atoms with Gasteiger partial charge in [-0.05, 0) is 43.4 Å². The number of amides is 1. The molecular formula is C30H30F3N5O4S. The van der Waals surface area contributed by atoms with Gasteiger partial charge >= 0.3 is 6.18 Å². The van der Waals surface area contributed by atoms with E-state index in [9.17, 15) is 22.8 Å². The molecule has 1 N–H and O–H groups in total. The molecule has 226 valence electrons. The highest BCUT2D eigenvalue weighted by atomic mass is 32.1. The van der Waals surface area contributed by atoms with E-state index in [0.717, 1.165) is 27.9 Å². The number of methoxy groups -OCH3 is 2. The predicted octanol–water partition coefficient (Wildman–Crippen LogP) is 4.80. The maximum Gasteiger partial charge on any atom is 0.401 e. The van der Waals surface area contributed by atoms with Crippen LogP contribution in [0.25, 0.3) is 10.3 Å². The quantitative estimate of drug-likeness (QED) is 0.290. The number of ether oxygens (including phenoxy) is 2. The molecule has 1 amide bonds. The van der Waals surface area contributed by atoms with Crippen molar-refractivity contribution in [2.24, 2.45) is 0 Å². The van der Waals surface area contributed by atoms with Gasteiger partial charge in [0, 0.05) is 24.7 Å². The van der Waals surface area contributed by atoms with Crippen LogP contribution in [0, 0.1) is 0 Å². The Morgan fingerprint density at radius 2 is 1.88 bits per heavy atom. The molecule has 43 heavy (non-hydrogen) atoms. The molecule has 6 rings (SSSR count). The van der Waals surface area contributed by atoms with Crippen LogP contribution in [0.15, 0.2) is 53.3 Å². The van der Waals surface area contributed by atoms with Crippen molar-refractivity contribution in [1.29, 1.82) is 0 Å². The van der Waals surface area contributed by atoms with E-state index in [4.69, 9.17) is 9.47 Å². The molecule has 0 radical (unpaired) electrons. The van der Waals surface area contributed by atoms with Crippen molar-refractivity contribution in [2.45, 2.75) is 56.4 Å². The molecule has 1 aliphatic heterocycles. The predicted molar refractivity (Wildman–Crippen MR) is 156 cm³/mol. The Bertz CT molecular complexity index is 1720. The maximum absolute atomic E-state index is 14.4. The first-order chi connectivity index (χ1) is 20.6. The highest BCUT2D eigenvalue weighted by Crippen LogP contribution is 2.58. The Hall–Kier alpha value is -4.13. The molecule has 1 saturated carbocycles. The van der Waals surface area contributed by atoms with E-state index >= 15 is 0 Å². The van der Waals surface area contributed by atoms with E-state index in [1.807, 2.05) is 35.2 Å². The van der Waals surface area contributed by atoms with Crippen LogP contribution in [0.1, 0.15) is 42.6 Å². The first-order valence-electron chi connectivity index (χ1n) is 13.9. The van der Waals surface area contributed by atoms with Crippen LogP contribution >= 0.6 is 11.3 Å². The van der Waals surface area contributed by atoms with E-state index in [2.05, 4.69) is 15.3 Å². The van der Waals surface area contributed by atoms with Gasteiger partial charge in [0.05, 0.1) is 20.8 Å². The average Bonchev–Trinajstić information content (AvgIpc) is 3.49. The van der Waals surface area contributed by atoms with Gasteiger partial charge in [0.15, 0.2) is 15.5 Å². The van der Waals surface area contributed by atoms with E-state index in [1.54, 1.807) is 18.2 Å². The van der Waals surface area contributed by atoms with Gasteiger partial charge in [0.1, 0.15) is 28.8 Å². The van der Waals surface area contributed by atoms with Crippen LogP contribution in [0.5, 0.6) is 11.5 Å². The normalized spacial score (nSPS) is 17.7. The van der Waals surface area contributed by atoms with Gasteiger partial charge in [-0.2, -0.15) is 13.2 Å². The van der Waals surface area contributed by atoms with Crippen molar-refractivity contribution in [3.05, 3.63) is 75.8 Å². The van der Waals surface area contributed by atoms with Crippen LogP contribution in [0.2, 0.25) is 0 Å². The minimum atomic E-state index is -4.59. The molecule has 1 atom stereocenters. The second kappa shape index (κ2) is 11.2. The van der Waals surface area contributed by atoms with Gasteiger partial charge < -0.3 is 19.7 Å².